The first-order valence-electron chi connectivity index (χ1n) is 9.28. The molecule has 3 aromatic rings. The molecule has 27 heavy (non-hydrogen) atoms. The molecular formula is C20H22FN3O3. The molecule has 1 saturated carbocycles. The highest BCUT2D eigenvalue weighted by atomic mass is 19.1. The Kier molecular flexibility index (Phi) is 5.03. The molecule has 0 bridgehead atoms. The number of benzene rings is 1. The SMILES string of the molecule is CCCOC(c1nc(Cc2cnc(C3CC3)o2)no1)c1ccc(F)cc1C. The molecule has 6 nitrogen and oxygen atoms in total. The van der Waals surface area contributed by atoms with Crippen LogP contribution in [0.3, 0.4) is 0 Å². The lowest BCUT2D eigenvalue weighted by atomic mass is 10.0. The molecule has 7 heteroatoms. The Balaban J connectivity index is 1.55. The van der Waals surface area contributed by atoms with Crippen molar-refractivity contribution in [3.05, 3.63) is 64.7 Å². The Labute approximate surface area is 156 Å². The van der Waals surface area contributed by atoms with Gasteiger partial charge in [-0.1, -0.05) is 18.1 Å². The van der Waals surface area contributed by atoms with Crippen molar-refractivity contribution >= 4 is 0 Å². The molecule has 1 fully saturated rings. The van der Waals surface area contributed by atoms with Gasteiger partial charge in [-0.3, -0.25) is 0 Å². The van der Waals surface area contributed by atoms with Crippen molar-refractivity contribution in [3.63, 3.8) is 0 Å². The Bertz CT molecular complexity index is 917. The summed E-state index contributed by atoms with van der Waals surface area (Å²) in [5, 5.41) is 4.05. The predicted octanol–water partition coefficient (Wildman–Crippen LogP) is 4.49. The van der Waals surface area contributed by atoms with Crippen LogP contribution >= 0.6 is 0 Å². The molecule has 4 rings (SSSR count). The zero-order chi connectivity index (χ0) is 18.8. The molecule has 0 radical (unpaired) electrons. The fourth-order valence-corrected chi connectivity index (χ4v) is 2.99. The zero-order valence-electron chi connectivity index (χ0n) is 15.4. The van der Waals surface area contributed by atoms with E-state index in [9.17, 15) is 4.39 Å². The van der Waals surface area contributed by atoms with E-state index in [2.05, 4.69) is 15.1 Å². The van der Waals surface area contributed by atoms with Crippen LogP contribution in [0.5, 0.6) is 0 Å². The highest BCUT2D eigenvalue weighted by Gasteiger charge is 2.29. The lowest BCUT2D eigenvalue weighted by Crippen LogP contribution is -2.09. The molecule has 1 atom stereocenters. The van der Waals surface area contributed by atoms with Crippen LogP contribution in [0.15, 0.2) is 33.3 Å². The smallest absolute Gasteiger partial charge is 0.260 e. The Morgan fingerprint density at radius 3 is 2.93 bits per heavy atom. The van der Waals surface area contributed by atoms with E-state index in [-0.39, 0.29) is 5.82 Å². The van der Waals surface area contributed by atoms with E-state index in [1.165, 1.54) is 12.1 Å². The van der Waals surface area contributed by atoms with Crippen LogP contribution in [0.25, 0.3) is 0 Å². The van der Waals surface area contributed by atoms with Crippen molar-refractivity contribution in [3.8, 4) is 0 Å². The topological polar surface area (TPSA) is 74.2 Å². The Morgan fingerprint density at radius 1 is 1.33 bits per heavy atom. The molecule has 2 heterocycles. The van der Waals surface area contributed by atoms with Gasteiger partial charge >= 0.3 is 0 Å². The number of aryl methyl sites for hydroxylation is 1. The van der Waals surface area contributed by atoms with Crippen molar-refractivity contribution in [1.82, 2.24) is 15.1 Å². The van der Waals surface area contributed by atoms with Gasteiger partial charge in [-0.05, 0) is 49.4 Å². The summed E-state index contributed by atoms with van der Waals surface area (Å²) in [5.41, 5.74) is 1.59. The summed E-state index contributed by atoms with van der Waals surface area (Å²) >= 11 is 0. The molecule has 1 aromatic carbocycles. The van der Waals surface area contributed by atoms with Gasteiger partial charge < -0.3 is 13.7 Å². The van der Waals surface area contributed by atoms with E-state index in [4.69, 9.17) is 13.7 Å². The number of halogens is 1. The second kappa shape index (κ2) is 7.60. The highest BCUT2D eigenvalue weighted by molar-refractivity contribution is 5.31. The molecule has 0 amide bonds. The minimum Gasteiger partial charge on any atom is -0.445 e. The van der Waals surface area contributed by atoms with Gasteiger partial charge in [0.15, 0.2) is 17.8 Å². The van der Waals surface area contributed by atoms with Crippen molar-refractivity contribution in [2.24, 2.45) is 0 Å². The van der Waals surface area contributed by atoms with Crippen LogP contribution in [0.4, 0.5) is 4.39 Å². The van der Waals surface area contributed by atoms with Crippen LogP contribution in [-0.4, -0.2) is 21.7 Å². The van der Waals surface area contributed by atoms with Crippen molar-refractivity contribution in [2.45, 2.75) is 51.6 Å². The highest BCUT2D eigenvalue weighted by Crippen LogP contribution is 2.39. The van der Waals surface area contributed by atoms with Gasteiger partial charge in [0.05, 0.1) is 12.6 Å². The van der Waals surface area contributed by atoms with E-state index in [0.717, 1.165) is 36.3 Å². The monoisotopic (exact) mass is 371 g/mol. The predicted molar refractivity (Wildman–Crippen MR) is 94.8 cm³/mol. The normalized spacial score (nSPS) is 15.2. The average Bonchev–Trinajstić information content (AvgIpc) is 3.22. The number of oxazole rings is 1. The maximum atomic E-state index is 13.5. The number of ether oxygens (including phenoxy) is 1. The molecular weight excluding hydrogens is 349 g/mol. The number of hydrogen-bond donors (Lipinski definition) is 0. The molecule has 2 aromatic heterocycles. The first-order chi connectivity index (χ1) is 13.1. The van der Waals surface area contributed by atoms with Crippen LogP contribution in [0.1, 0.15) is 72.7 Å². The number of rotatable bonds is 8. The molecule has 0 N–H and O–H groups in total. The summed E-state index contributed by atoms with van der Waals surface area (Å²) in [4.78, 5) is 8.80. The van der Waals surface area contributed by atoms with Crippen LogP contribution in [0.2, 0.25) is 0 Å². The maximum absolute atomic E-state index is 13.5. The molecule has 1 unspecified atom stereocenters. The fraction of sp³-hybridized carbons (Fsp3) is 0.450. The van der Waals surface area contributed by atoms with Crippen LogP contribution < -0.4 is 0 Å². The van der Waals surface area contributed by atoms with Crippen molar-refractivity contribution in [1.29, 1.82) is 0 Å². The van der Waals surface area contributed by atoms with Crippen molar-refractivity contribution < 1.29 is 18.1 Å². The van der Waals surface area contributed by atoms with Gasteiger partial charge in [0.2, 0.25) is 0 Å². The standard InChI is InChI=1S/C20H22FN3O3/c1-3-8-25-18(16-7-6-14(21)9-12(16)2)20-23-17(24-27-20)10-15-11-22-19(26-15)13-4-5-13/h6-7,9,11,13,18H,3-5,8,10H2,1-2H3. The summed E-state index contributed by atoms with van der Waals surface area (Å²) < 4.78 is 30.6. The molecule has 0 saturated heterocycles. The Morgan fingerprint density at radius 2 is 2.19 bits per heavy atom. The number of nitrogens with zero attached hydrogens (tertiary/aromatic N) is 3. The summed E-state index contributed by atoms with van der Waals surface area (Å²) in [5.74, 6) is 2.55. The summed E-state index contributed by atoms with van der Waals surface area (Å²) in [6.07, 6.45) is 4.73. The van der Waals surface area contributed by atoms with Crippen molar-refractivity contribution in [2.75, 3.05) is 6.61 Å². The van der Waals surface area contributed by atoms with Crippen LogP contribution in [0, 0.1) is 12.7 Å². The molecule has 1 aliphatic carbocycles. The van der Waals surface area contributed by atoms with Gasteiger partial charge in [-0.25, -0.2) is 9.37 Å². The number of hydrogen-bond acceptors (Lipinski definition) is 6. The zero-order valence-corrected chi connectivity index (χ0v) is 15.4. The van der Waals surface area contributed by atoms with E-state index >= 15 is 0 Å². The van der Waals surface area contributed by atoms with E-state index < -0.39 is 6.10 Å². The van der Waals surface area contributed by atoms with Crippen LogP contribution in [-0.2, 0) is 11.2 Å². The quantitative estimate of drug-likeness (QED) is 0.581. The third kappa shape index (κ3) is 4.08. The fourth-order valence-electron chi connectivity index (χ4n) is 2.99. The lowest BCUT2D eigenvalue weighted by Gasteiger charge is -2.16. The van der Waals surface area contributed by atoms with Gasteiger partial charge in [-0.15, -0.1) is 0 Å². The first kappa shape index (κ1) is 17.9. The minimum atomic E-state index is -0.524. The second-order valence-corrected chi connectivity index (χ2v) is 6.92. The Hall–Kier alpha value is -2.54. The van der Waals surface area contributed by atoms with E-state index in [1.54, 1.807) is 12.3 Å². The molecule has 1 aliphatic rings. The summed E-state index contributed by atoms with van der Waals surface area (Å²) in [6, 6.07) is 4.59. The minimum absolute atomic E-state index is 0.284. The van der Waals surface area contributed by atoms with Gasteiger partial charge in [0.1, 0.15) is 11.6 Å². The maximum Gasteiger partial charge on any atom is 0.260 e. The summed E-state index contributed by atoms with van der Waals surface area (Å²) in [7, 11) is 0. The molecule has 0 spiro atoms. The summed E-state index contributed by atoms with van der Waals surface area (Å²) in [6.45, 7) is 4.40. The first-order valence-corrected chi connectivity index (χ1v) is 9.28. The van der Waals surface area contributed by atoms with E-state index in [0.29, 0.717) is 36.4 Å². The molecule has 142 valence electrons. The second-order valence-electron chi connectivity index (χ2n) is 6.92. The third-order valence-corrected chi connectivity index (χ3v) is 4.54. The lowest BCUT2D eigenvalue weighted by molar-refractivity contribution is 0.0572. The van der Waals surface area contributed by atoms with Gasteiger partial charge in [0, 0.05) is 12.5 Å². The number of aromatic nitrogens is 3. The van der Waals surface area contributed by atoms with Gasteiger partial charge in [0.25, 0.3) is 5.89 Å². The largest absolute Gasteiger partial charge is 0.445 e. The third-order valence-electron chi connectivity index (χ3n) is 4.54. The van der Waals surface area contributed by atoms with Gasteiger partial charge in [-0.2, -0.15) is 4.98 Å². The molecule has 0 aliphatic heterocycles. The van der Waals surface area contributed by atoms with E-state index in [1.807, 2.05) is 13.8 Å². The average molecular weight is 371 g/mol.